The molecule has 0 aromatic carbocycles. The number of rotatable bonds is 2. The highest BCUT2D eigenvalue weighted by atomic mass is 32.1. The van der Waals surface area contributed by atoms with E-state index in [-0.39, 0.29) is 5.75 Å². The lowest BCUT2D eigenvalue weighted by molar-refractivity contribution is 0.473. The second-order valence-electron chi connectivity index (χ2n) is 2.56. The van der Waals surface area contributed by atoms with E-state index in [1.54, 1.807) is 19.2 Å². The SMILES string of the molecule is CNc1nnc(-c2ccc(O)cn2)s1. The van der Waals surface area contributed by atoms with E-state index >= 15 is 0 Å². The number of nitrogens with zero attached hydrogens (tertiary/aromatic N) is 3. The minimum absolute atomic E-state index is 0.145. The fourth-order valence-electron chi connectivity index (χ4n) is 0.940. The minimum atomic E-state index is 0.145. The number of aromatic nitrogens is 3. The molecular weight excluding hydrogens is 200 g/mol. The maximum absolute atomic E-state index is 9.05. The summed E-state index contributed by atoms with van der Waals surface area (Å²) in [6.07, 6.45) is 1.38. The minimum Gasteiger partial charge on any atom is -0.506 e. The predicted octanol–water partition coefficient (Wildman–Crippen LogP) is 1.35. The van der Waals surface area contributed by atoms with E-state index in [9.17, 15) is 0 Å². The van der Waals surface area contributed by atoms with Gasteiger partial charge in [-0.1, -0.05) is 11.3 Å². The van der Waals surface area contributed by atoms with Gasteiger partial charge in [0.1, 0.15) is 11.4 Å². The average Bonchev–Trinajstić information content (AvgIpc) is 2.67. The van der Waals surface area contributed by atoms with Crippen LogP contribution in [0.3, 0.4) is 0 Å². The van der Waals surface area contributed by atoms with Crippen molar-refractivity contribution in [3.8, 4) is 16.5 Å². The van der Waals surface area contributed by atoms with E-state index in [0.29, 0.717) is 5.69 Å². The predicted molar refractivity (Wildman–Crippen MR) is 54.4 cm³/mol. The molecule has 2 aromatic heterocycles. The Balaban J connectivity index is 2.34. The van der Waals surface area contributed by atoms with Crippen LogP contribution in [0.5, 0.6) is 5.75 Å². The van der Waals surface area contributed by atoms with Crippen molar-refractivity contribution in [2.24, 2.45) is 0 Å². The topological polar surface area (TPSA) is 70.9 Å². The molecule has 2 heterocycles. The monoisotopic (exact) mass is 208 g/mol. The summed E-state index contributed by atoms with van der Waals surface area (Å²) >= 11 is 1.41. The van der Waals surface area contributed by atoms with Gasteiger partial charge in [-0.2, -0.15) is 0 Å². The first-order valence-electron chi connectivity index (χ1n) is 3.96. The van der Waals surface area contributed by atoms with Gasteiger partial charge >= 0.3 is 0 Å². The van der Waals surface area contributed by atoms with Crippen molar-refractivity contribution in [2.45, 2.75) is 0 Å². The Labute approximate surface area is 84.5 Å². The van der Waals surface area contributed by atoms with Crippen molar-refractivity contribution < 1.29 is 5.11 Å². The Kier molecular flexibility index (Phi) is 2.28. The molecule has 0 unspecified atom stereocenters. The molecule has 0 aliphatic rings. The van der Waals surface area contributed by atoms with Crippen LogP contribution in [0.2, 0.25) is 0 Å². The van der Waals surface area contributed by atoms with Gasteiger partial charge in [0.15, 0.2) is 5.01 Å². The molecule has 0 aliphatic heterocycles. The normalized spacial score (nSPS) is 10.1. The third kappa shape index (κ3) is 1.64. The van der Waals surface area contributed by atoms with Crippen molar-refractivity contribution in [2.75, 3.05) is 12.4 Å². The van der Waals surface area contributed by atoms with E-state index in [0.717, 1.165) is 10.1 Å². The second kappa shape index (κ2) is 3.59. The molecule has 0 fully saturated rings. The summed E-state index contributed by atoms with van der Waals surface area (Å²) in [6.45, 7) is 0. The van der Waals surface area contributed by atoms with Gasteiger partial charge in [0.05, 0.1) is 6.20 Å². The van der Waals surface area contributed by atoms with Gasteiger partial charge in [-0.15, -0.1) is 10.2 Å². The molecule has 0 atom stereocenters. The van der Waals surface area contributed by atoms with Crippen LogP contribution in [-0.4, -0.2) is 27.3 Å². The molecule has 0 saturated heterocycles. The van der Waals surface area contributed by atoms with Crippen LogP contribution in [0, 0.1) is 0 Å². The van der Waals surface area contributed by atoms with Crippen LogP contribution in [0.1, 0.15) is 0 Å². The first-order valence-corrected chi connectivity index (χ1v) is 4.78. The summed E-state index contributed by atoms with van der Waals surface area (Å²) in [6, 6.07) is 3.28. The quantitative estimate of drug-likeness (QED) is 0.779. The number of pyridine rings is 1. The summed E-state index contributed by atoms with van der Waals surface area (Å²) in [5, 5.41) is 21.3. The van der Waals surface area contributed by atoms with Gasteiger partial charge in [-0.05, 0) is 12.1 Å². The Hall–Kier alpha value is -1.69. The second-order valence-corrected chi connectivity index (χ2v) is 3.54. The summed E-state index contributed by atoms with van der Waals surface area (Å²) in [4.78, 5) is 4.03. The molecule has 0 amide bonds. The van der Waals surface area contributed by atoms with Crippen molar-refractivity contribution >= 4 is 16.5 Å². The van der Waals surface area contributed by atoms with Crippen molar-refractivity contribution in [1.82, 2.24) is 15.2 Å². The number of anilines is 1. The molecule has 0 spiro atoms. The van der Waals surface area contributed by atoms with Gasteiger partial charge in [-0.25, -0.2) is 4.98 Å². The highest BCUT2D eigenvalue weighted by Gasteiger charge is 2.06. The zero-order valence-electron chi connectivity index (χ0n) is 7.43. The molecule has 0 radical (unpaired) electrons. The molecule has 2 rings (SSSR count). The van der Waals surface area contributed by atoms with Crippen LogP contribution < -0.4 is 5.32 Å². The maximum atomic E-state index is 9.05. The Bertz CT molecular complexity index is 425. The average molecular weight is 208 g/mol. The first kappa shape index (κ1) is 8.89. The van der Waals surface area contributed by atoms with Crippen molar-refractivity contribution in [3.63, 3.8) is 0 Å². The van der Waals surface area contributed by atoms with Gasteiger partial charge in [0.2, 0.25) is 5.13 Å². The lowest BCUT2D eigenvalue weighted by Crippen LogP contribution is -1.84. The lowest BCUT2D eigenvalue weighted by Gasteiger charge is -1.93. The molecule has 0 bridgehead atoms. The van der Waals surface area contributed by atoms with Gasteiger partial charge in [0, 0.05) is 7.05 Å². The van der Waals surface area contributed by atoms with E-state index in [1.165, 1.54) is 17.5 Å². The summed E-state index contributed by atoms with van der Waals surface area (Å²) in [5.41, 5.74) is 0.710. The fraction of sp³-hybridized carbons (Fsp3) is 0.125. The largest absolute Gasteiger partial charge is 0.506 e. The smallest absolute Gasteiger partial charge is 0.205 e. The van der Waals surface area contributed by atoms with Gasteiger partial charge in [-0.3, -0.25) is 0 Å². The molecule has 6 heteroatoms. The van der Waals surface area contributed by atoms with Gasteiger partial charge < -0.3 is 10.4 Å². The molecule has 0 aliphatic carbocycles. The molecule has 2 aromatic rings. The third-order valence-electron chi connectivity index (χ3n) is 1.61. The summed E-state index contributed by atoms with van der Waals surface area (Å²) in [5.74, 6) is 0.145. The van der Waals surface area contributed by atoms with E-state index < -0.39 is 0 Å². The summed E-state index contributed by atoms with van der Waals surface area (Å²) in [7, 11) is 1.79. The van der Waals surface area contributed by atoms with Crippen molar-refractivity contribution in [1.29, 1.82) is 0 Å². The van der Waals surface area contributed by atoms with Crippen LogP contribution in [-0.2, 0) is 0 Å². The molecule has 5 nitrogen and oxygen atoms in total. The Morgan fingerprint density at radius 2 is 2.21 bits per heavy atom. The van der Waals surface area contributed by atoms with Crippen LogP contribution in [0.4, 0.5) is 5.13 Å². The molecule has 0 saturated carbocycles. The summed E-state index contributed by atoms with van der Waals surface area (Å²) < 4.78 is 0. The number of hydrogen-bond acceptors (Lipinski definition) is 6. The standard InChI is InChI=1S/C8H8N4OS/c1-9-8-12-11-7(14-8)6-3-2-5(13)4-10-6/h2-4,13H,1H3,(H,9,12). The highest BCUT2D eigenvalue weighted by molar-refractivity contribution is 7.18. The zero-order valence-corrected chi connectivity index (χ0v) is 8.25. The maximum Gasteiger partial charge on any atom is 0.205 e. The number of hydrogen-bond donors (Lipinski definition) is 2. The fourth-order valence-corrected chi connectivity index (χ4v) is 1.61. The number of aromatic hydroxyl groups is 1. The van der Waals surface area contributed by atoms with Crippen molar-refractivity contribution in [3.05, 3.63) is 18.3 Å². The molecule has 72 valence electrons. The zero-order chi connectivity index (χ0) is 9.97. The lowest BCUT2D eigenvalue weighted by atomic mass is 10.3. The van der Waals surface area contributed by atoms with E-state index in [2.05, 4.69) is 20.5 Å². The van der Waals surface area contributed by atoms with Crippen LogP contribution >= 0.6 is 11.3 Å². The Morgan fingerprint density at radius 3 is 2.79 bits per heavy atom. The Morgan fingerprint density at radius 1 is 1.36 bits per heavy atom. The van der Waals surface area contributed by atoms with Crippen LogP contribution in [0.15, 0.2) is 18.3 Å². The molecule has 14 heavy (non-hydrogen) atoms. The number of nitrogens with one attached hydrogen (secondary N) is 1. The van der Waals surface area contributed by atoms with Gasteiger partial charge in [0.25, 0.3) is 0 Å². The van der Waals surface area contributed by atoms with E-state index in [4.69, 9.17) is 5.11 Å². The van der Waals surface area contributed by atoms with Crippen LogP contribution in [0.25, 0.3) is 10.7 Å². The highest BCUT2D eigenvalue weighted by Crippen LogP contribution is 2.24. The third-order valence-corrected chi connectivity index (χ3v) is 2.57. The first-order chi connectivity index (χ1) is 6.79. The van der Waals surface area contributed by atoms with E-state index in [1.807, 2.05) is 0 Å². The molecular formula is C8H8N4OS. The molecule has 2 N–H and O–H groups in total.